The van der Waals surface area contributed by atoms with Gasteiger partial charge in [0, 0.05) is 11.3 Å². The van der Waals surface area contributed by atoms with E-state index in [1.807, 2.05) is 25.1 Å². The van der Waals surface area contributed by atoms with E-state index in [1.54, 1.807) is 13.0 Å². The van der Waals surface area contributed by atoms with Crippen molar-refractivity contribution in [3.63, 3.8) is 0 Å². The Hall–Kier alpha value is -2.41. The number of nitrogens with zero attached hydrogens (tertiary/aromatic N) is 2. The summed E-state index contributed by atoms with van der Waals surface area (Å²) in [6.45, 7) is 3.51. The second-order valence-electron chi connectivity index (χ2n) is 5.29. The Kier molecular flexibility index (Phi) is 3.81. The van der Waals surface area contributed by atoms with Crippen LogP contribution in [0.3, 0.4) is 0 Å². The Balaban J connectivity index is 2.53. The second kappa shape index (κ2) is 5.66. The van der Waals surface area contributed by atoms with E-state index in [4.69, 9.17) is 12.2 Å². The molecule has 23 heavy (non-hydrogen) atoms. The number of benzene rings is 1. The maximum Gasteiger partial charge on any atom is 0.264 e. The van der Waals surface area contributed by atoms with Crippen molar-refractivity contribution in [3.05, 3.63) is 62.3 Å². The first-order chi connectivity index (χ1) is 10.9. The van der Waals surface area contributed by atoms with Crippen molar-refractivity contribution in [1.29, 1.82) is 0 Å². The Labute approximate surface area is 135 Å². The third-order valence-electron chi connectivity index (χ3n) is 3.52. The van der Waals surface area contributed by atoms with Gasteiger partial charge in [-0.2, -0.15) is 0 Å². The molecule has 0 aliphatic carbocycles. The van der Waals surface area contributed by atoms with Crippen LogP contribution in [0.25, 0.3) is 16.7 Å². The number of nitrogens with one attached hydrogen (secondary N) is 1. The largest absolute Gasteiger partial charge is 0.298 e. The zero-order valence-electron chi connectivity index (χ0n) is 12.4. The van der Waals surface area contributed by atoms with Crippen LogP contribution < -0.4 is 5.56 Å². The molecule has 2 heterocycles. The van der Waals surface area contributed by atoms with E-state index >= 15 is 0 Å². The molecule has 0 unspecified atom stereocenters. The molecule has 0 radical (unpaired) electrons. The van der Waals surface area contributed by atoms with E-state index < -0.39 is 12.0 Å². The molecule has 0 fully saturated rings. The molecule has 7 heteroatoms. The SMILES string of the molecule is Cc1cccc(-n2c(=S)[nH]c(=O)c3c(C(F)F)cc(C)nc32)c1. The van der Waals surface area contributed by atoms with Crippen LogP contribution in [0.15, 0.2) is 35.1 Å². The van der Waals surface area contributed by atoms with E-state index in [0.29, 0.717) is 11.4 Å². The molecule has 118 valence electrons. The average Bonchev–Trinajstić information content (AvgIpc) is 2.45. The number of alkyl halides is 2. The van der Waals surface area contributed by atoms with E-state index in [1.165, 1.54) is 10.6 Å². The molecule has 0 saturated heterocycles. The Morgan fingerprint density at radius 2 is 2.00 bits per heavy atom. The molecule has 3 rings (SSSR count). The number of hydrogen-bond donors (Lipinski definition) is 1. The van der Waals surface area contributed by atoms with Crippen molar-refractivity contribution < 1.29 is 8.78 Å². The molecular weight excluding hydrogens is 320 g/mol. The predicted octanol–water partition coefficient (Wildman–Crippen LogP) is 4.00. The standard InChI is InChI=1S/C16H13F2N3OS/c1-8-4-3-5-10(6-8)21-14-12(15(22)20-16(21)23)11(13(17)18)7-9(2)19-14/h3-7,13H,1-2H3,(H,20,22,23). The summed E-state index contributed by atoms with van der Waals surface area (Å²) in [5.41, 5.74) is 1.18. The van der Waals surface area contributed by atoms with Crippen LogP contribution in [0.1, 0.15) is 23.2 Å². The van der Waals surface area contributed by atoms with Gasteiger partial charge in [-0.05, 0) is 49.8 Å². The van der Waals surface area contributed by atoms with Crippen molar-refractivity contribution in [1.82, 2.24) is 14.5 Å². The summed E-state index contributed by atoms with van der Waals surface area (Å²) in [7, 11) is 0. The van der Waals surface area contributed by atoms with Gasteiger partial charge in [-0.3, -0.25) is 14.3 Å². The molecule has 3 aromatic rings. The third kappa shape index (κ3) is 2.68. The van der Waals surface area contributed by atoms with Crippen molar-refractivity contribution in [2.45, 2.75) is 20.3 Å². The number of aromatic nitrogens is 3. The van der Waals surface area contributed by atoms with Crippen LogP contribution in [0, 0.1) is 18.6 Å². The first-order valence-electron chi connectivity index (χ1n) is 6.90. The number of hydrogen-bond acceptors (Lipinski definition) is 3. The maximum atomic E-state index is 13.3. The minimum Gasteiger partial charge on any atom is -0.298 e. The van der Waals surface area contributed by atoms with Crippen molar-refractivity contribution >= 4 is 23.3 Å². The van der Waals surface area contributed by atoms with Crippen molar-refractivity contribution in [2.75, 3.05) is 0 Å². The molecular formula is C16H13F2N3OS. The average molecular weight is 333 g/mol. The highest BCUT2D eigenvalue weighted by molar-refractivity contribution is 7.71. The van der Waals surface area contributed by atoms with Crippen LogP contribution in [0.5, 0.6) is 0 Å². The zero-order chi connectivity index (χ0) is 16.7. The fraction of sp³-hybridized carbons (Fsp3) is 0.188. The van der Waals surface area contributed by atoms with Crippen LogP contribution >= 0.6 is 12.2 Å². The fourth-order valence-corrected chi connectivity index (χ4v) is 2.85. The number of fused-ring (bicyclic) bond motifs is 1. The minimum atomic E-state index is -2.78. The highest BCUT2D eigenvalue weighted by Crippen LogP contribution is 2.26. The molecule has 2 aromatic heterocycles. The van der Waals surface area contributed by atoms with Gasteiger partial charge in [-0.25, -0.2) is 13.8 Å². The lowest BCUT2D eigenvalue weighted by Crippen LogP contribution is -2.17. The molecule has 0 aliphatic rings. The summed E-state index contributed by atoms with van der Waals surface area (Å²) < 4.78 is 28.3. The van der Waals surface area contributed by atoms with E-state index in [2.05, 4.69) is 9.97 Å². The highest BCUT2D eigenvalue weighted by atomic mass is 32.1. The van der Waals surface area contributed by atoms with E-state index in [9.17, 15) is 13.6 Å². The van der Waals surface area contributed by atoms with Gasteiger partial charge in [0.2, 0.25) is 0 Å². The van der Waals surface area contributed by atoms with Gasteiger partial charge in [0.15, 0.2) is 10.4 Å². The van der Waals surface area contributed by atoms with Gasteiger partial charge < -0.3 is 0 Å². The van der Waals surface area contributed by atoms with Gasteiger partial charge in [0.1, 0.15) is 0 Å². The van der Waals surface area contributed by atoms with Crippen molar-refractivity contribution in [3.8, 4) is 5.69 Å². The van der Waals surface area contributed by atoms with E-state index in [0.717, 1.165) is 5.56 Å². The minimum absolute atomic E-state index is 0.117. The second-order valence-corrected chi connectivity index (χ2v) is 5.67. The van der Waals surface area contributed by atoms with Gasteiger partial charge in [0.25, 0.3) is 12.0 Å². The van der Waals surface area contributed by atoms with Crippen LogP contribution in [-0.2, 0) is 0 Å². The highest BCUT2D eigenvalue weighted by Gasteiger charge is 2.19. The molecule has 0 saturated carbocycles. The lowest BCUT2D eigenvalue weighted by atomic mass is 10.1. The van der Waals surface area contributed by atoms with Crippen LogP contribution in [0.2, 0.25) is 0 Å². The molecule has 0 bridgehead atoms. The first kappa shape index (κ1) is 15.5. The fourth-order valence-electron chi connectivity index (χ4n) is 2.57. The maximum absolute atomic E-state index is 13.3. The number of rotatable bonds is 2. The normalized spacial score (nSPS) is 11.3. The monoisotopic (exact) mass is 333 g/mol. The lowest BCUT2D eigenvalue weighted by molar-refractivity contribution is 0.153. The summed E-state index contributed by atoms with van der Waals surface area (Å²) >= 11 is 5.22. The number of H-pyrrole nitrogens is 1. The first-order valence-corrected chi connectivity index (χ1v) is 7.31. The summed E-state index contributed by atoms with van der Waals surface area (Å²) in [6, 6.07) is 8.59. The molecule has 1 aromatic carbocycles. The van der Waals surface area contributed by atoms with Gasteiger partial charge in [0.05, 0.1) is 11.1 Å². The van der Waals surface area contributed by atoms with Gasteiger partial charge >= 0.3 is 0 Å². The Morgan fingerprint density at radius 1 is 1.26 bits per heavy atom. The van der Waals surface area contributed by atoms with Crippen LogP contribution in [0.4, 0.5) is 8.78 Å². The summed E-state index contributed by atoms with van der Waals surface area (Å²) in [5, 5.41) is -0.138. The number of aryl methyl sites for hydroxylation is 2. The summed E-state index contributed by atoms with van der Waals surface area (Å²) in [4.78, 5) is 18.9. The summed E-state index contributed by atoms with van der Waals surface area (Å²) in [6.07, 6.45) is -2.78. The topological polar surface area (TPSA) is 50.7 Å². The smallest absolute Gasteiger partial charge is 0.264 e. The molecule has 0 spiro atoms. The number of aromatic amines is 1. The number of pyridine rings is 1. The summed E-state index contributed by atoms with van der Waals surface area (Å²) in [5.74, 6) is 0. The Bertz CT molecular complexity index is 1020. The third-order valence-corrected chi connectivity index (χ3v) is 3.80. The predicted molar refractivity (Wildman–Crippen MR) is 87.0 cm³/mol. The molecule has 0 amide bonds. The molecule has 0 atom stereocenters. The van der Waals surface area contributed by atoms with Gasteiger partial charge in [-0.15, -0.1) is 0 Å². The molecule has 4 nitrogen and oxygen atoms in total. The Morgan fingerprint density at radius 3 is 2.65 bits per heavy atom. The molecule has 1 N–H and O–H groups in total. The van der Waals surface area contributed by atoms with E-state index in [-0.39, 0.29) is 21.4 Å². The van der Waals surface area contributed by atoms with Crippen molar-refractivity contribution in [2.24, 2.45) is 0 Å². The lowest BCUT2D eigenvalue weighted by Gasteiger charge is -2.13. The van der Waals surface area contributed by atoms with Gasteiger partial charge in [-0.1, -0.05) is 12.1 Å². The quantitative estimate of drug-likeness (QED) is 0.721. The number of halogens is 2. The zero-order valence-corrected chi connectivity index (χ0v) is 13.2. The van der Waals surface area contributed by atoms with Crippen LogP contribution in [-0.4, -0.2) is 14.5 Å². The molecule has 0 aliphatic heterocycles.